The number of rotatable bonds is 5. The number of nitriles is 1. The molecule has 4 nitrogen and oxygen atoms in total. The summed E-state index contributed by atoms with van der Waals surface area (Å²) < 4.78 is 30.7. The maximum absolute atomic E-state index is 13.0. The Kier molecular flexibility index (Phi) is 5.39. The van der Waals surface area contributed by atoms with E-state index in [9.17, 15) is 13.6 Å². The number of halogens is 2. The topological polar surface area (TPSA) is 76.1 Å². The second-order valence-corrected chi connectivity index (χ2v) is 3.80. The minimum atomic E-state index is -2.77. The number of hydrogen-bond donors (Lipinski definition) is 1. The minimum absolute atomic E-state index is 0.0238. The van der Waals surface area contributed by atoms with Crippen molar-refractivity contribution in [2.24, 2.45) is 5.73 Å². The van der Waals surface area contributed by atoms with Gasteiger partial charge in [0.2, 0.25) is 0 Å². The Morgan fingerprint density at radius 2 is 2.21 bits per heavy atom. The number of nitrogens with zero attached hydrogens (tertiary/aromatic N) is 1. The highest BCUT2D eigenvalue weighted by atomic mass is 19.3. The molecular weight excluding hydrogens is 254 g/mol. The number of esters is 1. The summed E-state index contributed by atoms with van der Waals surface area (Å²) in [4.78, 5) is 11.4. The second-order valence-electron chi connectivity index (χ2n) is 3.80. The van der Waals surface area contributed by atoms with Gasteiger partial charge in [0.15, 0.2) is 0 Å². The van der Waals surface area contributed by atoms with Crippen molar-refractivity contribution in [3.63, 3.8) is 0 Å². The van der Waals surface area contributed by atoms with Gasteiger partial charge in [0.25, 0.3) is 6.43 Å². The second kappa shape index (κ2) is 6.81. The number of ether oxygens (including phenoxy) is 1. The van der Waals surface area contributed by atoms with E-state index in [1.54, 1.807) is 13.0 Å². The van der Waals surface area contributed by atoms with Crippen LogP contribution in [0.3, 0.4) is 0 Å². The normalized spacial score (nSPS) is 10.3. The molecule has 0 aliphatic heterocycles. The highest BCUT2D eigenvalue weighted by Gasteiger charge is 2.20. The Morgan fingerprint density at radius 1 is 1.53 bits per heavy atom. The first-order valence-corrected chi connectivity index (χ1v) is 5.73. The van der Waals surface area contributed by atoms with E-state index < -0.39 is 12.4 Å². The van der Waals surface area contributed by atoms with Crippen LogP contribution in [0.5, 0.6) is 0 Å². The zero-order valence-corrected chi connectivity index (χ0v) is 10.5. The lowest BCUT2D eigenvalue weighted by molar-refractivity contribution is -0.142. The fourth-order valence-electron chi connectivity index (χ4n) is 1.77. The summed E-state index contributed by atoms with van der Waals surface area (Å²) in [5.74, 6) is -0.594. The maximum Gasteiger partial charge on any atom is 0.310 e. The smallest absolute Gasteiger partial charge is 0.310 e. The zero-order chi connectivity index (χ0) is 14.4. The molecule has 102 valence electrons. The van der Waals surface area contributed by atoms with Gasteiger partial charge in [-0.1, -0.05) is 0 Å². The maximum atomic E-state index is 13.0. The number of carbonyl (C=O) groups excluding carboxylic acids is 1. The highest BCUT2D eigenvalue weighted by Crippen LogP contribution is 2.28. The minimum Gasteiger partial charge on any atom is -0.466 e. The van der Waals surface area contributed by atoms with E-state index in [1.807, 2.05) is 0 Å². The summed E-state index contributed by atoms with van der Waals surface area (Å²) in [7, 11) is 0. The Labute approximate surface area is 109 Å². The average Bonchev–Trinajstić information content (AvgIpc) is 2.38. The molecule has 0 atom stereocenters. The first-order valence-electron chi connectivity index (χ1n) is 5.73. The molecule has 1 aromatic carbocycles. The molecule has 0 saturated carbocycles. The van der Waals surface area contributed by atoms with Crippen LogP contribution in [0.25, 0.3) is 0 Å². The van der Waals surface area contributed by atoms with Crippen LogP contribution < -0.4 is 5.73 Å². The molecule has 0 radical (unpaired) electrons. The van der Waals surface area contributed by atoms with Gasteiger partial charge in [-0.25, -0.2) is 8.78 Å². The van der Waals surface area contributed by atoms with Gasteiger partial charge in [-0.3, -0.25) is 4.79 Å². The van der Waals surface area contributed by atoms with Crippen LogP contribution in [0.1, 0.15) is 35.6 Å². The molecule has 6 heteroatoms. The predicted octanol–water partition coefficient (Wildman–Crippen LogP) is 2.06. The molecule has 0 saturated heterocycles. The Morgan fingerprint density at radius 3 is 2.68 bits per heavy atom. The third kappa shape index (κ3) is 3.73. The van der Waals surface area contributed by atoms with Gasteiger partial charge in [0.1, 0.15) is 0 Å². The van der Waals surface area contributed by atoms with E-state index in [4.69, 9.17) is 15.7 Å². The van der Waals surface area contributed by atoms with Crippen molar-refractivity contribution in [1.82, 2.24) is 0 Å². The molecule has 0 heterocycles. The number of benzene rings is 1. The van der Waals surface area contributed by atoms with Crippen LogP contribution in [0.4, 0.5) is 8.78 Å². The first kappa shape index (κ1) is 15.1. The van der Waals surface area contributed by atoms with Gasteiger partial charge in [-0.15, -0.1) is 0 Å². The number of hydrogen-bond acceptors (Lipinski definition) is 4. The fraction of sp³-hybridized carbons (Fsp3) is 0.385. The molecule has 19 heavy (non-hydrogen) atoms. The summed E-state index contributed by atoms with van der Waals surface area (Å²) >= 11 is 0. The Bertz CT molecular complexity index is 510. The average molecular weight is 268 g/mol. The van der Waals surface area contributed by atoms with Crippen LogP contribution in [-0.2, 0) is 22.5 Å². The Balaban J connectivity index is 3.26. The molecule has 1 rings (SSSR count). The van der Waals surface area contributed by atoms with Crippen molar-refractivity contribution >= 4 is 5.97 Å². The molecule has 1 aromatic rings. The summed E-state index contributed by atoms with van der Waals surface area (Å²) in [6.07, 6.45) is -3.05. The van der Waals surface area contributed by atoms with Crippen LogP contribution in [0, 0.1) is 11.3 Å². The molecule has 0 unspecified atom stereocenters. The van der Waals surface area contributed by atoms with E-state index in [2.05, 4.69) is 0 Å². The molecule has 0 fully saturated rings. The number of alkyl halides is 2. The third-order valence-corrected chi connectivity index (χ3v) is 2.59. The standard InChI is InChI=1S/C13H14F2N2O2/c1-2-19-12(18)5-10-9(7-17)3-8(6-16)4-11(10)13(14)15/h3-4,13H,2,5,7,17H2,1H3. The largest absolute Gasteiger partial charge is 0.466 e. The quantitative estimate of drug-likeness (QED) is 0.829. The van der Waals surface area contributed by atoms with Crippen molar-refractivity contribution in [2.75, 3.05) is 6.61 Å². The molecule has 0 spiro atoms. The van der Waals surface area contributed by atoms with E-state index in [0.29, 0.717) is 5.56 Å². The molecule has 0 aliphatic rings. The molecule has 0 bridgehead atoms. The van der Waals surface area contributed by atoms with Crippen LogP contribution >= 0.6 is 0 Å². The lowest BCUT2D eigenvalue weighted by atomic mass is 9.95. The molecule has 2 N–H and O–H groups in total. The van der Waals surface area contributed by atoms with E-state index in [1.165, 1.54) is 6.07 Å². The lowest BCUT2D eigenvalue weighted by Gasteiger charge is -2.13. The van der Waals surface area contributed by atoms with Crippen LogP contribution in [0.2, 0.25) is 0 Å². The van der Waals surface area contributed by atoms with E-state index in [0.717, 1.165) is 6.07 Å². The molecular formula is C13H14F2N2O2. The first-order chi connectivity index (χ1) is 9.03. The van der Waals surface area contributed by atoms with Gasteiger partial charge in [-0.05, 0) is 30.2 Å². The van der Waals surface area contributed by atoms with Crippen LogP contribution in [0.15, 0.2) is 12.1 Å². The van der Waals surface area contributed by atoms with E-state index in [-0.39, 0.29) is 36.3 Å². The fourth-order valence-corrected chi connectivity index (χ4v) is 1.77. The van der Waals surface area contributed by atoms with Crippen molar-refractivity contribution in [3.05, 3.63) is 34.4 Å². The van der Waals surface area contributed by atoms with Crippen molar-refractivity contribution in [2.45, 2.75) is 26.3 Å². The van der Waals surface area contributed by atoms with Gasteiger partial charge in [0.05, 0.1) is 24.7 Å². The molecule has 0 aliphatic carbocycles. The highest BCUT2D eigenvalue weighted by molar-refractivity contribution is 5.74. The zero-order valence-electron chi connectivity index (χ0n) is 10.5. The van der Waals surface area contributed by atoms with Crippen molar-refractivity contribution in [1.29, 1.82) is 5.26 Å². The summed E-state index contributed by atoms with van der Waals surface area (Å²) in [5.41, 5.74) is 5.76. The van der Waals surface area contributed by atoms with Gasteiger partial charge >= 0.3 is 5.97 Å². The van der Waals surface area contributed by atoms with E-state index >= 15 is 0 Å². The van der Waals surface area contributed by atoms with Gasteiger partial charge in [0, 0.05) is 12.1 Å². The van der Waals surface area contributed by atoms with Crippen molar-refractivity contribution < 1.29 is 18.3 Å². The number of carbonyl (C=O) groups is 1. The lowest BCUT2D eigenvalue weighted by Crippen LogP contribution is -2.14. The molecule has 0 aromatic heterocycles. The SMILES string of the molecule is CCOC(=O)Cc1c(CN)cc(C#N)cc1C(F)F. The van der Waals surface area contributed by atoms with Crippen LogP contribution in [-0.4, -0.2) is 12.6 Å². The third-order valence-electron chi connectivity index (χ3n) is 2.59. The van der Waals surface area contributed by atoms with Crippen molar-refractivity contribution in [3.8, 4) is 6.07 Å². The van der Waals surface area contributed by atoms with Gasteiger partial charge in [-0.2, -0.15) is 5.26 Å². The molecule has 0 amide bonds. The predicted molar refractivity (Wildman–Crippen MR) is 64.3 cm³/mol. The monoisotopic (exact) mass is 268 g/mol. The Hall–Kier alpha value is -2.00. The summed E-state index contributed by atoms with van der Waals surface area (Å²) in [6, 6.07) is 4.30. The summed E-state index contributed by atoms with van der Waals surface area (Å²) in [5, 5.41) is 8.79. The van der Waals surface area contributed by atoms with Gasteiger partial charge < -0.3 is 10.5 Å². The summed E-state index contributed by atoms with van der Waals surface area (Å²) in [6.45, 7) is 1.79. The number of nitrogens with two attached hydrogens (primary N) is 1.